The predicted molar refractivity (Wildman–Crippen MR) is 77.7 cm³/mol. The number of aliphatic hydroxyl groups excluding tert-OH is 4. The molecule has 120 valence electrons. The van der Waals surface area contributed by atoms with E-state index in [9.17, 15) is 15.3 Å². The molecule has 1 aliphatic rings. The largest absolute Gasteiger partial charge is 0.460 e. The summed E-state index contributed by atoms with van der Waals surface area (Å²) in [7, 11) is 0. The van der Waals surface area contributed by atoms with Crippen LogP contribution in [-0.2, 0) is 4.74 Å². The number of halogens is 1. The highest BCUT2D eigenvalue weighted by molar-refractivity contribution is 6.36. The molecule has 0 spiro atoms. The van der Waals surface area contributed by atoms with E-state index < -0.39 is 37.3 Å². The maximum atomic E-state index is 9.98. The second kappa shape index (κ2) is 6.04. The Bertz CT molecular complexity index is 660. The molecule has 0 radical (unpaired) electrons. The molecule has 0 amide bonds. The Balaban J connectivity index is 1.88. The molecule has 5 atom stereocenters. The van der Waals surface area contributed by atoms with Crippen LogP contribution < -0.4 is 4.74 Å². The molecule has 1 aromatic heterocycles. The topological polar surface area (TPSA) is 115 Å². The van der Waals surface area contributed by atoms with Gasteiger partial charge in [0, 0.05) is 6.20 Å². The Hall–Kier alpha value is -1.35. The number of aliphatic hydroxyl groups is 4. The van der Waals surface area contributed by atoms with Crippen LogP contribution in [0.15, 0.2) is 24.4 Å². The SMILES string of the molecule is OC[C@H]1OC(Oc2c[nH]c3cccc(Cl)c23)[C@H](O)[C@@H](O)[C@H]1O. The van der Waals surface area contributed by atoms with Gasteiger partial charge in [-0.25, -0.2) is 0 Å². The summed E-state index contributed by atoms with van der Waals surface area (Å²) in [4.78, 5) is 2.97. The molecular formula is C14H16ClNO6. The summed E-state index contributed by atoms with van der Waals surface area (Å²) in [6, 6.07) is 5.28. The molecule has 1 fully saturated rings. The monoisotopic (exact) mass is 329 g/mol. The van der Waals surface area contributed by atoms with E-state index in [0.29, 0.717) is 16.2 Å². The molecule has 1 saturated heterocycles. The van der Waals surface area contributed by atoms with Crippen molar-refractivity contribution in [1.29, 1.82) is 0 Å². The number of rotatable bonds is 3. The molecule has 1 unspecified atom stereocenters. The molecule has 0 saturated carbocycles. The van der Waals surface area contributed by atoms with Gasteiger partial charge in [-0.3, -0.25) is 0 Å². The lowest BCUT2D eigenvalue weighted by atomic mass is 9.99. The zero-order valence-corrected chi connectivity index (χ0v) is 12.1. The fourth-order valence-corrected chi connectivity index (χ4v) is 2.76. The molecule has 1 aromatic carbocycles. The van der Waals surface area contributed by atoms with Gasteiger partial charge in [-0.05, 0) is 12.1 Å². The smallest absolute Gasteiger partial charge is 0.229 e. The summed E-state index contributed by atoms with van der Waals surface area (Å²) in [6.07, 6.45) is -5.10. The van der Waals surface area contributed by atoms with Crippen molar-refractivity contribution in [2.75, 3.05) is 6.61 Å². The minimum Gasteiger partial charge on any atom is -0.460 e. The van der Waals surface area contributed by atoms with Crippen molar-refractivity contribution in [1.82, 2.24) is 4.98 Å². The van der Waals surface area contributed by atoms with Gasteiger partial charge in [-0.15, -0.1) is 0 Å². The summed E-state index contributed by atoms with van der Waals surface area (Å²) < 4.78 is 10.9. The first-order valence-corrected chi connectivity index (χ1v) is 7.13. The van der Waals surface area contributed by atoms with E-state index in [-0.39, 0.29) is 0 Å². The van der Waals surface area contributed by atoms with Crippen molar-refractivity contribution in [3.05, 3.63) is 29.4 Å². The highest BCUT2D eigenvalue weighted by Crippen LogP contribution is 2.34. The highest BCUT2D eigenvalue weighted by atomic mass is 35.5. The van der Waals surface area contributed by atoms with Gasteiger partial charge < -0.3 is 34.9 Å². The standard InChI is InChI=1S/C14H16ClNO6/c15-6-2-1-3-7-10(6)8(4-16-7)21-14-13(20)12(19)11(18)9(5-17)22-14/h1-4,9,11-14,16-20H,5H2/t9-,11+,12+,13-,14?/m1/s1. The zero-order chi connectivity index (χ0) is 15.9. The second-order valence-electron chi connectivity index (χ2n) is 5.13. The molecule has 2 aromatic rings. The molecule has 3 rings (SSSR count). The number of hydrogen-bond acceptors (Lipinski definition) is 6. The quantitative estimate of drug-likeness (QED) is 0.541. The van der Waals surface area contributed by atoms with Crippen molar-refractivity contribution in [3.8, 4) is 5.75 Å². The van der Waals surface area contributed by atoms with Gasteiger partial charge in [-0.2, -0.15) is 0 Å². The maximum Gasteiger partial charge on any atom is 0.229 e. The van der Waals surface area contributed by atoms with Crippen LogP contribution in [0.3, 0.4) is 0 Å². The highest BCUT2D eigenvalue weighted by Gasteiger charge is 2.44. The number of nitrogens with one attached hydrogen (secondary N) is 1. The van der Waals surface area contributed by atoms with Gasteiger partial charge in [0.05, 0.1) is 22.5 Å². The third kappa shape index (κ3) is 2.56. The van der Waals surface area contributed by atoms with Crippen LogP contribution in [0.5, 0.6) is 5.75 Å². The first kappa shape index (κ1) is 15.5. The number of fused-ring (bicyclic) bond motifs is 1. The lowest BCUT2D eigenvalue weighted by Gasteiger charge is -2.39. The Morgan fingerprint density at radius 2 is 1.95 bits per heavy atom. The second-order valence-corrected chi connectivity index (χ2v) is 5.54. The maximum absolute atomic E-state index is 9.98. The average molecular weight is 330 g/mol. The van der Waals surface area contributed by atoms with E-state index in [0.717, 1.165) is 5.52 Å². The van der Waals surface area contributed by atoms with Gasteiger partial charge in [0.1, 0.15) is 30.2 Å². The lowest BCUT2D eigenvalue weighted by Crippen LogP contribution is -2.60. The molecule has 0 aliphatic carbocycles. The van der Waals surface area contributed by atoms with E-state index in [1.54, 1.807) is 24.4 Å². The van der Waals surface area contributed by atoms with Crippen LogP contribution in [0.4, 0.5) is 0 Å². The Morgan fingerprint density at radius 1 is 1.18 bits per heavy atom. The van der Waals surface area contributed by atoms with Gasteiger partial charge in [0.25, 0.3) is 0 Å². The number of ether oxygens (including phenoxy) is 2. The number of hydrogen-bond donors (Lipinski definition) is 5. The molecule has 1 aliphatic heterocycles. The predicted octanol–water partition coefficient (Wildman–Crippen LogP) is -0.000000000000000278. The summed E-state index contributed by atoms with van der Waals surface area (Å²) in [5.74, 6) is 0.338. The fourth-order valence-electron chi connectivity index (χ4n) is 2.49. The van der Waals surface area contributed by atoms with Gasteiger partial charge in [0.2, 0.25) is 6.29 Å². The molecule has 22 heavy (non-hydrogen) atoms. The Morgan fingerprint density at radius 3 is 2.68 bits per heavy atom. The van der Waals surface area contributed by atoms with Crippen LogP contribution in [0.25, 0.3) is 10.9 Å². The zero-order valence-electron chi connectivity index (χ0n) is 11.4. The summed E-state index contributed by atoms with van der Waals surface area (Å²) in [5, 5.41) is 39.7. The van der Waals surface area contributed by atoms with Crippen molar-refractivity contribution >= 4 is 22.5 Å². The molecular weight excluding hydrogens is 314 g/mol. The first-order chi connectivity index (χ1) is 10.5. The number of H-pyrrole nitrogens is 1. The van der Waals surface area contributed by atoms with Crippen molar-refractivity contribution < 1.29 is 29.9 Å². The van der Waals surface area contributed by atoms with E-state index in [1.807, 2.05) is 0 Å². The summed E-state index contributed by atoms with van der Waals surface area (Å²) in [6.45, 7) is -0.514. The van der Waals surface area contributed by atoms with Gasteiger partial charge in [0.15, 0.2) is 0 Å². The van der Waals surface area contributed by atoms with E-state index >= 15 is 0 Å². The first-order valence-electron chi connectivity index (χ1n) is 6.75. The Kier molecular flexibility index (Phi) is 4.26. The van der Waals surface area contributed by atoms with Crippen LogP contribution in [0, 0.1) is 0 Å². The number of benzene rings is 1. The Labute approximate surface area is 130 Å². The van der Waals surface area contributed by atoms with Crippen LogP contribution >= 0.6 is 11.6 Å². The molecule has 7 nitrogen and oxygen atoms in total. The average Bonchev–Trinajstić information content (AvgIpc) is 2.92. The molecule has 2 heterocycles. The van der Waals surface area contributed by atoms with Gasteiger partial charge >= 0.3 is 0 Å². The van der Waals surface area contributed by atoms with E-state index in [4.69, 9.17) is 26.2 Å². The number of aromatic amines is 1. The van der Waals surface area contributed by atoms with Crippen molar-refractivity contribution in [2.45, 2.75) is 30.7 Å². The van der Waals surface area contributed by atoms with E-state index in [2.05, 4.69) is 4.98 Å². The normalized spacial score (nSPS) is 32.3. The number of aromatic nitrogens is 1. The van der Waals surface area contributed by atoms with Crippen LogP contribution in [0.1, 0.15) is 0 Å². The van der Waals surface area contributed by atoms with Gasteiger partial charge in [-0.1, -0.05) is 17.7 Å². The minimum atomic E-state index is -1.49. The fraction of sp³-hybridized carbons (Fsp3) is 0.429. The molecule has 5 N–H and O–H groups in total. The third-order valence-electron chi connectivity index (χ3n) is 3.71. The van der Waals surface area contributed by atoms with E-state index in [1.165, 1.54) is 0 Å². The van der Waals surface area contributed by atoms with Crippen LogP contribution in [-0.4, -0.2) is 62.7 Å². The summed E-state index contributed by atoms with van der Waals surface area (Å²) >= 11 is 6.13. The molecule has 0 bridgehead atoms. The van der Waals surface area contributed by atoms with Crippen molar-refractivity contribution in [3.63, 3.8) is 0 Å². The molecule has 8 heteroatoms. The minimum absolute atomic E-state index is 0.338. The van der Waals surface area contributed by atoms with Crippen LogP contribution in [0.2, 0.25) is 5.02 Å². The third-order valence-corrected chi connectivity index (χ3v) is 4.03. The summed E-state index contributed by atoms with van der Waals surface area (Å²) in [5.41, 5.74) is 0.743. The van der Waals surface area contributed by atoms with Crippen molar-refractivity contribution in [2.24, 2.45) is 0 Å². The lowest BCUT2D eigenvalue weighted by molar-refractivity contribution is -0.277.